The van der Waals surface area contributed by atoms with Gasteiger partial charge in [0.1, 0.15) is 17.8 Å². The summed E-state index contributed by atoms with van der Waals surface area (Å²) in [5, 5.41) is 9.70. The van der Waals surface area contributed by atoms with E-state index < -0.39 is 0 Å². The SMILES string of the molecule is Cn1nc(-c2cnn(Cc3ccccc3)c2)c2c(N)ncnc21. The summed E-state index contributed by atoms with van der Waals surface area (Å²) in [7, 11) is 1.84. The molecule has 0 spiro atoms. The Hall–Kier alpha value is -3.22. The van der Waals surface area contributed by atoms with Crippen LogP contribution in [0.1, 0.15) is 5.56 Å². The lowest BCUT2D eigenvalue weighted by atomic mass is 10.2. The fourth-order valence-corrected chi connectivity index (χ4v) is 2.65. The number of nitrogens with zero attached hydrogens (tertiary/aromatic N) is 6. The van der Waals surface area contributed by atoms with Gasteiger partial charge in [-0.1, -0.05) is 30.3 Å². The summed E-state index contributed by atoms with van der Waals surface area (Å²) < 4.78 is 3.59. The summed E-state index contributed by atoms with van der Waals surface area (Å²) in [6, 6.07) is 10.2. The highest BCUT2D eigenvalue weighted by molar-refractivity contribution is 5.97. The fourth-order valence-electron chi connectivity index (χ4n) is 2.65. The molecular formula is C16H15N7. The molecule has 4 aromatic rings. The van der Waals surface area contributed by atoms with E-state index in [2.05, 4.69) is 32.3 Å². The maximum absolute atomic E-state index is 6.01. The Morgan fingerprint density at radius 3 is 2.78 bits per heavy atom. The van der Waals surface area contributed by atoms with Gasteiger partial charge in [0, 0.05) is 18.8 Å². The first-order valence-corrected chi connectivity index (χ1v) is 7.22. The number of aromatic nitrogens is 6. The molecule has 2 N–H and O–H groups in total. The van der Waals surface area contributed by atoms with Crippen molar-refractivity contribution in [3.63, 3.8) is 0 Å². The number of hydrogen-bond acceptors (Lipinski definition) is 5. The van der Waals surface area contributed by atoms with E-state index in [0.29, 0.717) is 18.0 Å². The number of nitrogens with two attached hydrogens (primary N) is 1. The van der Waals surface area contributed by atoms with Gasteiger partial charge in [0.25, 0.3) is 0 Å². The molecule has 7 heteroatoms. The number of aryl methyl sites for hydroxylation is 1. The van der Waals surface area contributed by atoms with E-state index in [1.807, 2.05) is 36.1 Å². The molecule has 0 bridgehead atoms. The Morgan fingerprint density at radius 1 is 1.13 bits per heavy atom. The largest absolute Gasteiger partial charge is 0.383 e. The van der Waals surface area contributed by atoms with Gasteiger partial charge in [0.05, 0.1) is 18.1 Å². The summed E-state index contributed by atoms with van der Waals surface area (Å²) in [6.07, 6.45) is 5.19. The highest BCUT2D eigenvalue weighted by atomic mass is 15.3. The van der Waals surface area contributed by atoms with Crippen molar-refractivity contribution in [3.8, 4) is 11.3 Å². The van der Waals surface area contributed by atoms with Gasteiger partial charge in [0.15, 0.2) is 5.65 Å². The molecule has 0 fully saturated rings. The third-order valence-electron chi connectivity index (χ3n) is 3.74. The zero-order valence-corrected chi connectivity index (χ0v) is 12.6. The summed E-state index contributed by atoms with van der Waals surface area (Å²) in [5.74, 6) is 0.425. The van der Waals surface area contributed by atoms with Crippen molar-refractivity contribution in [3.05, 3.63) is 54.6 Å². The van der Waals surface area contributed by atoms with Crippen molar-refractivity contribution < 1.29 is 0 Å². The van der Waals surface area contributed by atoms with E-state index in [1.54, 1.807) is 10.9 Å². The summed E-state index contributed by atoms with van der Waals surface area (Å²) in [6.45, 7) is 0.706. The molecule has 0 saturated carbocycles. The van der Waals surface area contributed by atoms with Gasteiger partial charge in [-0.3, -0.25) is 4.68 Å². The molecule has 3 aromatic heterocycles. The highest BCUT2D eigenvalue weighted by Crippen LogP contribution is 2.29. The summed E-state index contributed by atoms with van der Waals surface area (Å²) in [4.78, 5) is 8.31. The van der Waals surface area contributed by atoms with Crippen molar-refractivity contribution >= 4 is 16.9 Å². The molecule has 23 heavy (non-hydrogen) atoms. The predicted molar refractivity (Wildman–Crippen MR) is 87.5 cm³/mol. The smallest absolute Gasteiger partial charge is 0.163 e. The van der Waals surface area contributed by atoms with E-state index in [1.165, 1.54) is 11.9 Å². The van der Waals surface area contributed by atoms with E-state index in [9.17, 15) is 0 Å². The van der Waals surface area contributed by atoms with Gasteiger partial charge in [-0.15, -0.1) is 0 Å². The van der Waals surface area contributed by atoms with Crippen LogP contribution in [-0.2, 0) is 13.6 Å². The third-order valence-corrected chi connectivity index (χ3v) is 3.74. The van der Waals surface area contributed by atoms with E-state index in [-0.39, 0.29) is 0 Å². The van der Waals surface area contributed by atoms with Crippen molar-refractivity contribution in [2.75, 3.05) is 5.73 Å². The predicted octanol–water partition coefficient (Wildman–Crippen LogP) is 1.86. The molecule has 0 aliphatic heterocycles. The highest BCUT2D eigenvalue weighted by Gasteiger charge is 2.16. The van der Waals surface area contributed by atoms with Gasteiger partial charge in [-0.2, -0.15) is 10.2 Å². The quantitative estimate of drug-likeness (QED) is 0.624. The van der Waals surface area contributed by atoms with Crippen LogP contribution in [0, 0.1) is 0 Å². The fraction of sp³-hybridized carbons (Fsp3) is 0.125. The average molecular weight is 305 g/mol. The average Bonchev–Trinajstić information content (AvgIpc) is 3.14. The second-order valence-corrected chi connectivity index (χ2v) is 5.34. The first-order chi connectivity index (χ1) is 11.2. The van der Waals surface area contributed by atoms with Crippen LogP contribution >= 0.6 is 0 Å². The Balaban J connectivity index is 1.75. The van der Waals surface area contributed by atoms with Crippen LogP contribution in [0.4, 0.5) is 5.82 Å². The molecule has 0 unspecified atom stereocenters. The van der Waals surface area contributed by atoms with E-state index in [0.717, 1.165) is 16.6 Å². The summed E-state index contributed by atoms with van der Waals surface area (Å²) >= 11 is 0. The molecular weight excluding hydrogens is 290 g/mol. The first-order valence-electron chi connectivity index (χ1n) is 7.22. The number of nitrogen functional groups attached to an aromatic ring is 1. The number of fused-ring (bicyclic) bond motifs is 1. The molecule has 0 saturated heterocycles. The third kappa shape index (κ3) is 2.32. The second-order valence-electron chi connectivity index (χ2n) is 5.34. The minimum Gasteiger partial charge on any atom is -0.383 e. The second kappa shape index (κ2) is 5.20. The minimum absolute atomic E-state index is 0.425. The lowest BCUT2D eigenvalue weighted by Gasteiger charge is -2.00. The standard InChI is InChI=1S/C16H15N7/c1-22-16-13(15(17)18-10-19-16)14(21-22)12-7-20-23(9-12)8-11-5-3-2-4-6-11/h2-7,9-10H,8H2,1H3,(H2,17,18,19). The van der Waals surface area contributed by atoms with Crippen molar-refractivity contribution in [2.24, 2.45) is 7.05 Å². The van der Waals surface area contributed by atoms with E-state index >= 15 is 0 Å². The molecule has 0 amide bonds. The lowest BCUT2D eigenvalue weighted by molar-refractivity contribution is 0.687. The Kier molecular flexibility index (Phi) is 3.04. The van der Waals surface area contributed by atoms with Gasteiger partial charge < -0.3 is 5.73 Å². The zero-order chi connectivity index (χ0) is 15.8. The van der Waals surface area contributed by atoms with Crippen LogP contribution < -0.4 is 5.73 Å². The van der Waals surface area contributed by atoms with Crippen LogP contribution in [0.25, 0.3) is 22.3 Å². The molecule has 0 aliphatic carbocycles. The molecule has 114 valence electrons. The van der Waals surface area contributed by atoms with Gasteiger partial charge in [0.2, 0.25) is 0 Å². The molecule has 0 aliphatic rings. The number of benzene rings is 1. The van der Waals surface area contributed by atoms with Crippen LogP contribution in [0.5, 0.6) is 0 Å². The zero-order valence-electron chi connectivity index (χ0n) is 12.6. The van der Waals surface area contributed by atoms with E-state index in [4.69, 9.17) is 5.73 Å². The van der Waals surface area contributed by atoms with Crippen molar-refractivity contribution in [1.29, 1.82) is 0 Å². The van der Waals surface area contributed by atoms with Gasteiger partial charge >= 0.3 is 0 Å². The lowest BCUT2D eigenvalue weighted by Crippen LogP contribution is -1.99. The minimum atomic E-state index is 0.425. The normalized spacial score (nSPS) is 11.2. The molecule has 7 nitrogen and oxygen atoms in total. The van der Waals surface area contributed by atoms with Crippen LogP contribution in [0.3, 0.4) is 0 Å². The molecule has 1 aromatic carbocycles. The maximum Gasteiger partial charge on any atom is 0.163 e. The monoisotopic (exact) mass is 305 g/mol. The van der Waals surface area contributed by atoms with Crippen molar-refractivity contribution in [2.45, 2.75) is 6.54 Å². The maximum atomic E-state index is 6.01. The van der Waals surface area contributed by atoms with Crippen LogP contribution in [-0.4, -0.2) is 29.5 Å². The molecule has 3 heterocycles. The van der Waals surface area contributed by atoms with Crippen LogP contribution in [0.15, 0.2) is 49.1 Å². The number of anilines is 1. The molecule has 4 rings (SSSR count). The Labute approximate surface area is 132 Å². The topological polar surface area (TPSA) is 87.4 Å². The Bertz CT molecular complexity index is 969. The number of rotatable bonds is 3. The Morgan fingerprint density at radius 2 is 1.96 bits per heavy atom. The van der Waals surface area contributed by atoms with Crippen molar-refractivity contribution in [1.82, 2.24) is 29.5 Å². The first kappa shape index (κ1) is 13.4. The molecule has 0 atom stereocenters. The van der Waals surface area contributed by atoms with Gasteiger partial charge in [-0.25, -0.2) is 14.6 Å². The number of hydrogen-bond donors (Lipinski definition) is 1. The molecule has 0 radical (unpaired) electrons. The summed E-state index contributed by atoms with van der Waals surface area (Å²) in [5.41, 5.74) is 9.55. The van der Waals surface area contributed by atoms with Crippen LogP contribution in [0.2, 0.25) is 0 Å². The van der Waals surface area contributed by atoms with Gasteiger partial charge in [-0.05, 0) is 5.56 Å².